The van der Waals surface area contributed by atoms with Gasteiger partial charge >= 0.3 is 12.0 Å². The van der Waals surface area contributed by atoms with Gasteiger partial charge in [0.1, 0.15) is 5.01 Å². The number of amides is 2. The van der Waals surface area contributed by atoms with Crippen molar-refractivity contribution in [3.63, 3.8) is 0 Å². The second kappa shape index (κ2) is 7.08. The summed E-state index contributed by atoms with van der Waals surface area (Å²) < 4.78 is 0. The van der Waals surface area contributed by atoms with Crippen molar-refractivity contribution in [3.05, 3.63) is 16.6 Å². The van der Waals surface area contributed by atoms with Crippen molar-refractivity contribution < 1.29 is 14.7 Å². The summed E-state index contributed by atoms with van der Waals surface area (Å²) in [6.07, 6.45) is 1.63. The van der Waals surface area contributed by atoms with E-state index in [1.807, 2.05) is 26.2 Å². The summed E-state index contributed by atoms with van der Waals surface area (Å²) in [7, 11) is 0. The molecule has 0 aromatic carbocycles. The predicted octanol–water partition coefficient (Wildman–Crippen LogP) is 2.10. The molecule has 1 heterocycles. The van der Waals surface area contributed by atoms with Gasteiger partial charge in [0.2, 0.25) is 0 Å². The number of carbonyl (C=O) groups is 2. The van der Waals surface area contributed by atoms with Gasteiger partial charge in [-0.25, -0.2) is 9.78 Å². The number of carboxylic acid groups (broad SMARTS) is 1. The van der Waals surface area contributed by atoms with Crippen molar-refractivity contribution in [2.45, 2.75) is 39.3 Å². The molecule has 1 unspecified atom stereocenters. The molecular formula is C12H19N3O3S. The van der Waals surface area contributed by atoms with Crippen LogP contribution < -0.4 is 5.32 Å². The molecule has 1 atom stereocenters. The van der Waals surface area contributed by atoms with Crippen LogP contribution in [0.25, 0.3) is 0 Å². The van der Waals surface area contributed by atoms with E-state index in [1.165, 1.54) is 16.2 Å². The predicted molar refractivity (Wildman–Crippen MR) is 73.2 cm³/mol. The Bertz CT molecular complexity index is 420. The Morgan fingerprint density at radius 1 is 1.47 bits per heavy atom. The number of hydrogen-bond donors (Lipinski definition) is 2. The van der Waals surface area contributed by atoms with Crippen LogP contribution in [0.1, 0.15) is 38.2 Å². The maximum atomic E-state index is 12.1. The molecule has 1 aromatic rings. The summed E-state index contributed by atoms with van der Waals surface area (Å²) in [4.78, 5) is 28.3. The largest absolute Gasteiger partial charge is 0.481 e. The number of thiazole rings is 1. The van der Waals surface area contributed by atoms with Crippen LogP contribution in [0, 0.1) is 0 Å². The third-order valence-electron chi connectivity index (χ3n) is 2.61. The summed E-state index contributed by atoms with van der Waals surface area (Å²) in [5.41, 5.74) is 0. The SMILES string of the molecule is CC(NC(=O)N(CCC(=O)O)C(C)C)c1nccs1. The van der Waals surface area contributed by atoms with Crippen molar-refractivity contribution in [1.29, 1.82) is 0 Å². The van der Waals surface area contributed by atoms with E-state index < -0.39 is 5.97 Å². The highest BCUT2D eigenvalue weighted by Crippen LogP contribution is 2.15. The van der Waals surface area contributed by atoms with E-state index in [-0.39, 0.29) is 31.1 Å². The van der Waals surface area contributed by atoms with Crippen LogP contribution in [-0.2, 0) is 4.79 Å². The van der Waals surface area contributed by atoms with Gasteiger partial charge in [0.05, 0.1) is 12.5 Å². The molecular weight excluding hydrogens is 266 g/mol. The molecule has 1 aromatic heterocycles. The molecule has 0 spiro atoms. The zero-order valence-corrected chi connectivity index (χ0v) is 12.1. The van der Waals surface area contributed by atoms with E-state index in [2.05, 4.69) is 10.3 Å². The van der Waals surface area contributed by atoms with E-state index in [4.69, 9.17) is 5.11 Å². The van der Waals surface area contributed by atoms with Crippen LogP contribution in [0.15, 0.2) is 11.6 Å². The zero-order valence-electron chi connectivity index (χ0n) is 11.3. The molecule has 7 heteroatoms. The van der Waals surface area contributed by atoms with Gasteiger partial charge in [-0.2, -0.15) is 0 Å². The lowest BCUT2D eigenvalue weighted by molar-refractivity contribution is -0.137. The minimum absolute atomic E-state index is 0.0529. The molecule has 6 nitrogen and oxygen atoms in total. The smallest absolute Gasteiger partial charge is 0.318 e. The minimum Gasteiger partial charge on any atom is -0.481 e. The number of rotatable bonds is 6. The first-order valence-electron chi connectivity index (χ1n) is 6.10. The Labute approximate surface area is 116 Å². The number of urea groups is 1. The second-order valence-corrected chi connectivity index (χ2v) is 5.40. The third-order valence-corrected chi connectivity index (χ3v) is 3.57. The van der Waals surface area contributed by atoms with Gasteiger partial charge in [0, 0.05) is 24.2 Å². The van der Waals surface area contributed by atoms with E-state index in [1.54, 1.807) is 6.20 Å². The lowest BCUT2D eigenvalue weighted by Gasteiger charge is -2.27. The van der Waals surface area contributed by atoms with Crippen LogP contribution in [0.3, 0.4) is 0 Å². The highest BCUT2D eigenvalue weighted by atomic mass is 32.1. The second-order valence-electron chi connectivity index (χ2n) is 4.47. The van der Waals surface area contributed by atoms with E-state index >= 15 is 0 Å². The van der Waals surface area contributed by atoms with Crippen LogP contribution in [-0.4, -0.2) is 39.6 Å². The first-order chi connectivity index (χ1) is 8.91. The van der Waals surface area contributed by atoms with Crippen molar-refractivity contribution >= 4 is 23.3 Å². The standard InChI is InChI=1S/C12H19N3O3S/c1-8(2)15(6-4-10(16)17)12(18)14-9(3)11-13-5-7-19-11/h5,7-9H,4,6H2,1-3H3,(H,14,18)(H,16,17). The molecule has 106 valence electrons. The molecule has 0 fully saturated rings. The molecule has 0 bridgehead atoms. The summed E-state index contributed by atoms with van der Waals surface area (Å²) in [5.74, 6) is -0.911. The number of nitrogens with one attached hydrogen (secondary N) is 1. The molecule has 0 aliphatic heterocycles. The maximum absolute atomic E-state index is 12.1. The van der Waals surface area contributed by atoms with Crippen molar-refractivity contribution in [1.82, 2.24) is 15.2 Å². The topological polar surface area (TPSA) is 82.5 Å². The zero-order chi connectivity index (χ0) is 14.4. The average Bonchev–Trinajstić information content (AvgIpc) is 2.81. The quantitative estimate of drug-likeness (QED) is 0.838. The Kier molecular flexibility index (Phi) is 5.75. The number of aromatic nitrogens is 1. The number of hydrogen-bond acceptors (Lipinski definition) is 4. The Morgan fingerprint density at radius 2 is 2.16 bits per heavy atom. The fourth-order valence-electron chi connectivity index (χ4n) is 1.59. The van der Waals surface area contributed by atoms with Gasteiger partial charge in [0.15, 0.2) is 0 Å². The van der Waals surface area contributed by atoms with Crippen molar-refractivity contribution in [2.24, 2.45) is 0 Å². The van der Waals surface area contributed by atoms with Gasteiger partial charge in [-0.15, -0.1) is 11.3 Å². The van der Waals surface area contributed by atoms with Crippen LogP contribution in [0.2, 0.25) is 0 Å². The Balaban J connectivity index is 2.59. The van der Waals surface area contributed by atoms with Crippen LogP contribution in [0.4, 0.5) is 4.79 Å². The number of carboxylic acids is 1. The molecule has 0 aliphatic carbocycles. The Hall–Kier alpha value is -1.63. The molecule has 0 aliphatic rings. The number of carbonyl (C=O) groups excluding carboxylic acids is 1. The monoisotopic (exact) mass is 285 g/mol. The molecule has 19 heavy (non-hydrogen) atoms. The van der Waals surface area contributed by atoms with Gasteiger partial charge in [-0.1, -0.05) is 0 Å². The lowest BCUT2D eigenvalue weighted by atomic mass is 10.3. The van der Waals surface area contributed by atoms with Crippen LogP contribution >= 0.6 is 11.3 Å². The Morgan fingerprint density at radius 3 is 2.63 bits per heavy atom. The van der Waals surface area contributed by atoms with Gasteiger partial charge in [0.25, 0.3) is 0 Å². The molecule has 2 N–H and O–H groups in total. The third kappa shape index (κ3) is 4.86. The molecule has 1 rings (SSSR count). The van der Waals surface area contributed by atoms with Gasteiger partial charge in [-0.3, -0.25) is 4.79 Å². The first-order valence-corrected chi connectivity index (χ1v) is 6.98. The first kappa shape index (κ1) is 15.4. The molecule has 2 amide bonds. The molecule has 0 saturated carbocycles. The van der Waals surface area contributed by atoms with Crippen LogP contribution in [0.5, 0.6) is 0 Å². The highest BCUT2D eigenvalue weighted by Gasteiger charge is 2.20. The minimum atomic E-state index is -0.911. The summed E-state index contributed by atoms with van der Waals surface area (Å²) in [5, 5.41) is 14.2. The van der Waals surface area contributed by atoms with E-state index in [9.17, 15) is 9.59 Å². The van der Waals surface area contributed by atoms with Crippen molar-refractivity contribution in [3.8, 4) is 0 Å². The fourth-order valence-corrected chi connectivity index (χ4v) is 2.23. The molecule has 0 radical (unpaired) electrons. The van der Waals surface area contributed by atoms with Gasteiger partial charge < -0.3 is 15.3 Å². The normalized spacial score (nSPS) is 12.2. The van der Waals surface area contributed by atoms with Gasteiger partial charge in [-0.05, 0) is 20.8 Å². The fraction of sp³-hybridized carbons (Fsp3) is 0.583. The highest BCUT2D eigenvalue weighted by molar-refractivity contribution is 7.09. The lowest BCUT2D eigenvalue weighted by Crippen LogP contribution is -2.45. The van der Waals surface area contributed by atoms with Crippen molar-refractivity contribution in [2.75, 3.05) is 6.54 Å². The summed E-state index contributed by atoms with van der Waals surface area (Å²) >= 11 is 1.47. The summed E-state index contributed by atoms with van der Waals surface area (Å²) in [6, 6.07) is -0.500. The molecule has 0 saturated heterocycles. The average molecular weight is 285 g/mol. The number of nitrogens with zero attached hydrogens (tertiary/aromatic N) is 2. The maximum Gasteiger partial charge on any atom is 0.318 e. The number of aliphatic carboxylic acids is 1. The van der Waals surface area contributed by atoms with E-state index in [0.29, 0.717) is 0 Å². The van der Waals surface area contributed by atoms with E-state index in [0.717, 1.165) is 5.01 Å². The summed E-state index contributed by atoms with van der Waals surface area (Å²) in [6.45, 7) is 5.76.